The lowest BCUT2D eigenvalue weighted by Gasteiger charge is -2.34. The molecule has 32 heavy (non-hydrogen) atoms. The van der Waals surface area contributed by atoms with Crippen molar-refractivity contribution in [1.29, 1.82) is 0 Å². The molecule has 2 aromatic carbocycles. The van der Waals surface area contributed by atoms with Crippen LogP contribution in [0.25, 0.3) is 10.8 Å². The highest BCUT2D eigenvalue weighted by Gasteiger charge is 2.15. The smallest absolute Gasteiger partial charge is 0.0376 e. The van der Waals surface area contributed by atoms with Gasteiger partial charge in [-0.2, -0.15) is 0 Å². The first-order valence-corrected chi connectivity index (χ1v) is 13.1. The van der Waals surface area contributed by atoms with Crippen LogP contribution in [-0.4, -0.2) is 67.5 Å². The average Bonchev–Trinajstić information content (AvgIpc) is 2.78. The fraction of sp³-hybridized carbons (Fsp3) is 0.607. The maximum atomic E-state index is 5.76. The first-order chi connectivity index (χ1) is 15.5. The quantitative estimate of drug-likeness (QED) is 0.283. The van der Waals surface area contributed by atoms with Crippen molar-refractivity contribution in [2.24, 2.45) is 0 Å². The van der Waals surface area contributed by atoms with Gasteiger partial charge in [-0.1, -0.05) is 44.3 Å². The molecule has 0 bridgehead atoms. The highest BCUT2D eigenvalue weighted by Crippen LogP contribution is 2.28. The van der Waals surface area contributed by atoms with Crippen molar-refractivity contribution in [1.82, 2.24) is 9.80 Å². The number of piperazine rings is 1. The molecule has 0 atom stereocenters. The average molecular weight is 454 g/mol. The molecular weight excluding hydrogens is 410 g/mol. The van der Waals surface area contributed by atoms with Crippen molar-refractivity contribution in [2.45, 2.75) is 59.3 Å². The van der Waals surface area contributed by atoms with Gasteiger partial charge in [-0.3, -0.25) is 0 Å². The van der Waals surface area contributed by atoms with Crippen molar-refractivity contribution < 1.29 is 0 Å². The van der Waals surface area contributed by atoms with E-state index in [0.29, 0.717) is 0 Å². The van der Waals surface area contributed by atoms with Crippen LogP contribution in [0.4, 0.5) is 5.69 Å². The van der Waals surface area contributed by atoms with E-state index in [0.717, 1.165) is 39.0 Å². The van der Waals surface area contributed by atoms with Crippen molar-refractivity contribution in [3.63, 3.8) is 0 Å². The van der Waals surface area contributed by atoms with Crippen LogP contribution in [0.1, 0.15) is 57.1 Å². The third kappa shape index (κ3) is 7.26. The predicted octanol–water partition coefficient (Wildman–Crippen LogP) is 6.10. The zero-order valence-electron chi connectivity index (χ0n) is 20.8. The first kappa shape index (κ1) is 25.1. The SMILES string of the molecule is CCCN(CCC)CCCCC(=S)Cc1ccc2cc(N3CCN(C)CC3)cc(C)c2c1. The van der Waals surface area contributed by atoms with E-state index in [9.17, 15) is 0 Å². The Bertz CT molecular complexity index is 864. The number of hydrogen-bond acceptors (Lipinski definition) is 4. The Morgan fingerprint density at radius 3 is 2.34 bits per heavy atom. The molecule has 0 amide bonds. The molecule has 0 N–H and O–H groups in total. The summed E-state index contributed by atoms with van der Waals surface area (Å²) in [5.41, 5.74) is 4.10. The van der Waals surface area contributed by atoms with E-state index in [2.05, 4.69) is 72.9 Å². The molecule has 0 spiro atoms. The molecule has 0 radical (unpaired) electrons. The van der Waals surface area contributed by atoms with Gasteiger partial charge < -0.3 is 14.7 Å². The van der Waals surface area contributed by atoms with Crippen molar-refractivity contribution >= 4 is 33.5 Å². The van der Waals surface area contributed by atoms with E-state index in [1.807, 2.05) is 0 Å². The summed E-state index contributed by atoms with van der Waals surface area (Å²) in [6.45, 7) is 15.0. The molecule has 1 saturated heterocycles. The number of thiocarbonyl (C=S) groups is 1. The van der Waals surface area contributed by atoms with Gasteiger partial charge in [0.25, 0.3) is 0 Å². The van der Waals surface area contributed by atoms with Gasteiger partial charge in [-0.05, 0) is 105 Å². The number of rotatable bonds is 12. The van der Waals surface area contributed by atoms with Gasteiger partial charge >= 0.3 is 0 Å². The Morgan fingerprint density at radius 1 is 0.938 bits per heavy atom. The zero-order chi connectivity index (χ0) is 22.9. The van der Waals surface area contributed by atoms with Crippen molar-refractivity contribution in [3.05, 3.63) is 41.5 Å². The molecule has 2 aromatic rings. The Balaban J connectivity index is 1.54. The third-order valence-electron chi connectivity index (χ3n) is 6.74. The van der Waals surface area contributed by atoms with Crippen molar-refractivity contribution in [2.75, 3.05) is 57.8 Å². The lowest BCUT2D eigenvalue weighted by atomic mass is 9.98. The summed E-state index contributed by atoms with van der Waals surface area (Å²) >= 11 is 5.76. The monoisotopic (exact) mass is 453 g/mol. The molecule has 1 aliphatic heterocycles. The van der Waals surface area contributed by atoms with Crippen LogP contribution in [0, 0.1) is 6.92 Å². The van der Waals surface area contributed by atoms with Crippen LogP contribution >= 0.6 is 12.2 Å². The van der Waals surface area contributed by atoms with Crippen molar-refractivity contribution in [3.8, 4) is 0 Å². The number of hydrogen-bond donors (Lipinski definition) is 0. The van der Waals surface area contributed by atoms with Gasteiger partial charge in [-0.25, -0.2) is 0 Å². The molecule has 1 heterocycles. The molecule has 0 saturated carbocycles. The zero-order valence-corrected chi connectivity index (χ0v) is 21.6. The van der Waals surface area contributed by atoms with Crippen LogP contribution in [0.15, 0.2) is 30.3 Å². The van der Waals surface area contributed by atoms with Gasteiger partial charge in [0.2, 0.25) is 0 Å². The molecule has 0 unspecified atom stereocenters. The van der Waals surface area contributed by atoms with Crippen LogP contribution in [0.2, 0.25) is 0 Å². The molecule has 0 aromatic heterocycles. The minimum absolute atomic E-state index is 0.929. The number of likely N-dealkylation sites (N-methyl/N-ethyl adjacent to an activating group) is 1. The van der Waals surface area contributed by atoms with E-state index in [1.54, 1.807) is 0 Å². The van der Waals surface area contributed by atoms with Gasteiger partial charge in [0.1, 0.15) is 0 Å². The Hall–Kier alpha value is -1.49. The second kappa shape index (κ2) is 12.7. The standard InChI is InChI=1S/C28H43N3S/c1-5-12-30(13-6-2)14-8-7-9-27(32)20-24-10-11-25-22-26(19-23(3)28(25)21-24)31-17-15-29(4)16-18-31/h10-11,19,21-22H,5-9,12-18,20H2,1-4H3. The number of anilines is 1. The van der Waals surface area contributed by atoms with E-state index in [1.165, 1.54) is 77.8 Å². The molecule has 0 aliphatic carbocycles. The van der Waals surface area contributed by atoms with Gasteiger partial charge in [-0.15, -0.1) is 0 Å². The first-order valence-electron chi connectivity index (χ1n) is 12.7. The normalized spacial score (nSPS) is 15.1. The molecule has 3 rings (SSSR count). The summed E-state index contributed by atoms with van der Waals surface area (Å²) in [5.74, 6) is 0. The minimum atomic E-state index is 0.929. The van der Waals surface area contributed by atoms with Gasteiger partial charge in [0.05, 0.1) is 0 Å². The van der Waals surface area contributed by atoms with Crippen LogP contribution in [-0.2, 0) is 6.42 Å². The van der Waals surface area contributed by atoms with E-state index in [4.69, 9.17) is 12.2 Å². The molecule has 176 valence electrons. The van der Waals surface area contributed by atoms with Crippen LogP contribution in [0.5, 0.6) is 0 Å². The molecule has 3 nitrogen and oxygen atoms in total. The highest BCUT2D eigenvalue weighted by molar-refractivity contribution is 7.80. The van der Waals surface area contributed by atoms with Crippen LogP contribution in [0.3, 0.4) is 0 Å². The van der Waals surface area contributed by atoms with Crippen LogP contribution < -0.4 is 4.90 Å². The number of benzene rings is 2. The summed E-state index contributed by atoms with van der Waals surface area (Å²) in [4.78, 5) is 8.74. The number of aryl methyl sites for hydroxylation is 1. The summed E-state index contributed by atoms with van der Waals surface area (Å²) in [7, 11) is 2.21. The fourth-order valence-electron chi connectivity index (χ4n) is 4.87. The van der Waals surface area contributed by atoms with Gasteiger partial charge in [0, 0.05) is 38.3 Å². The lowest BCUT2D eigenvalue weighted by molar-refractivity contribution is 0.269. The lowest BCUT2D eigenvalue weighted by Crippen LogP contribution is -2.44. The minimum Gasteiger partial charge on any atom is -0.369 e. The Morgan fingerprint density at radius 2 is 1.66 bits per heavy atom. The molecular formula is C28H43N3S. The maximum absolute atomic E-state index is 5.76. The summed E-state index contributed by atoms with van der Waals surface area (Å²) < 4.78 is 0. The highest BCUT2D eigenvalue weighted by atomic mass is 32.1. The summed E-state index contributed by atoms with van der Waals surface area (Å²) in [5, 5.41) is 2.72. The van der Waals surface area contributed by atoms with Gasteiger partial charge in [0.15, 0.2) is 0 Å². The fourth-order valence-corrected chi connectivity index (χ4v) is 5.18. The second-order valence-corrected chi connectivity index (χ2v) is 10.2. The second-order valence-electron chi connectivity index (χ2n) is 9.62. The third-order valence-corrected chi connectivity index (χ3v) is 7.09. The predicted molar refractivity (Wildman–Crippen MR) is 146 cm³/mol. The topological polar surface area (TPSA) is 9.72 Å². The number of nitrogens with zero attached hydrogens (tertiary/aromatic N) is 3. The molecule has 1 aliphatic rings. The maximum Gasteiger partial charge on any atom is 0.0376 e. The Kier molecular flexibility index (Phi) is 9.95. The van der Waals surface area contributed by atoms with E-state index < -0.39 is 0 Å². The van der Waals surface area contributed by atoms with E-state index >= 15 is 0 Å². The number of fused-ring (bicyclic) bond motifs is 1. The number of unbranched alkanes of at least 4 members (excludes halogenated alkanes) is 1. The Labute approximate surface area is 201 Å². The van der Waals surface area contributed by atoms with E-state index in [-0.39, 0.29) is 0 Å². The molecule has 1 fully saturated rings. The summed E-state index contributed by atoms with van der Waals surface area (Å²) in [6, 6.07) is 11.7. The molecule has 4 heteroatoms. The summed E-state index contributed by atoms with van der Waals surface area (Å²) in [6.07, 6.45) is 6.96. The largest absolute Gasteiger partial charge is 0.369 e.